The molecule has 0 spiro atoms. The minimum Gasteiger partial charge on any atom is -0.609 e. The topological polar surface area (TPSA) is 27.0 Å². The van der Waals surface area contributed by atoms with E-state index in [0.29, 0.717) is 0 Å². The number of rotatable bonds is 2. The maximum atomic E-state index is 7.21. The van der Waals surface area contributed by atoms with E-state index in [1.807, 2.05) is 0 Å². The standard InChI is InChI=1S/C6H15N2/c1-5-6(2,3)8(4)7/h7H,5H2,1-4H3/q-1. The molecule has 2 heteroatoms. The molecule has 8 heavy (non-hydrogen) atoms. The molecule has 1 N–H and O–H groups in total. The van der Waals surface area contributed by atoms with E-state index in [2.05, 4.69) is 20.8 Å². The highest BCUT2D eigenvalue weighted by atomic mass is 15.4. The quantitative estimate of drug-likeness (QED) is 0.506. The normalized spacial score (nSPS) is 12.8. The van der Waals surface area contributed by atoms with Gasteiger partial charge in [-0.15, -0.1) is 0 Å². The molecule has 0 aromatic heterocycles. The summed E-state index contributed by atoms with van der Waals surface area (Å²) in [6.45, 7) is 6.20. The van der Waals surface area contributed by atoms with Crippen LogP contribution in [0.15, 0.2) is 0 Å². The molecule has 0 unspecified atom stereocenters. The largest absolute Gasteiger partial charge is 0.609 e. The minimum absolute atomic E-state index is 0.0417. The smallest absolute Gasteiger partial charge is 0.00249 e. The predicted molar refractivity (Wildman–Crippen MR) is 36.5 cm³/mol. The van der Waals surface area contributed by atoms with Crippen LogP contribution in [-0.2, 0) is 0 Å². The lowest BCUT2D eigenvalue weighted by Gasteiger charge is -2.39. The van der Waals surface area contributed by atoms with Gasteiger partial charge in [-0.25, -0.2) is 0 Å². The van der Waals surface area contributed by atoms with Gasteiger partial charge in [0.25, 0.3) is 0 Å². The number of nitrogens with one attached hydrogen (secondary N) is 1. The third kappa shape index (κ3) is 1.80. The first-order valence-electron chi connectivity index (χ1n) is 2.96. The van der Waals surface area contributed by atoms with Crippen LogP contribution in [-0.4, -0.2) is 17.6 Å². The Labute approximate surface area is 51.6 Å². The predicted octanol–water partition coefficient (Wildman–Crippen LogP) is 2.07. The van der Waals surface area contributed by atoms with E-state index in [0.717, 1.165) is 6.42 Å². The molecule has 0 aromatic rings. The Balaban J connectivity index is 3.71. The Bertz CT molecular complexity index is 66.9. The van der Waals surface area contributed by atoms with E-state index in [4.69, 9.17) is 5.84 Å². The average molecular weight is 115 g/mol. The molecular formula is C6H15N2-. The lowest BCUT2D eigenvalue weighted by Crippen LogP contribution is -2.34. The van der Waals surface area contributed by atoms with Crippen LogP contribution in [0.1, 0.15) is 27.2 Å². The van der Waals surface area contributed by atoms with Crippen LogP contribution < -0.4 is 0 Å². The van der Waals surface area contributed by atoms with E-state index in [1.165, 1.54) is 5.01 Å². The summed E-state index contributed by atoms with van der Waals surface area (Å²) in [5, 5.41) is 1.49. The molecule has 0 fully saturated rings. The Hall–Kier alpha value is -0.0800. The maximum absolute atomic E-state index is 7.21. The van der Waals surface area contributed by atoms with Gasteiger partial charge in [0.1, 0.15) is 0 Å². The molecule has 0 saturated carbocycles. The highest BCUT2D eigenvalue weighted by molar-refractivity contribution is 4.76. The van der Waals surface area contributed by atoms with Gasteiger partial charge >= 0.3 is 0 Å². The van der Waals surface area contributed by atoms with Crippen molar-refractivity contribution >= 4 is 0 Å². The summed E-state index contributed by atoms with van der Waals surface area (Å²) in [5.74, 6) is 7.21. The third-order valence-corrected chi connectivity index (χ3v) is 1.77. The molecule has 0 aliphatic heterocycles. The summed E-state index contributed by atoms with van der Waals surface area (Å²) >= 11 is 0. The molecule has 0 atom stereocenters. The van der Waals surface area contributed by atoms with Crippen molar-refractivity contribution in [2.75, 3.05) is 7.05 Å². The number of hydrogen-bond acceptors (Lipinski definition) is 1. The van der Waals surface area contributed by atoms with E-state index >= 15 is 0 Å². The van der Waals surface area contributed by atoms with Gasteiger partial charge in [-0.1, -0.05) is 6.92 Å². The first kappa shape index (κ1) is 7.92. The molecule has 0 aliphatic rings. The van der Waals surface area contributed by atoms with Gasteiger partial charge in [0.05, 0.1) is 0 Å². The van der Waals surface area contributed by atoms with Gasteiger partial charge < -0.3 is 10.9 Å². The lowest BCUT2D eigenvalue weighted by molar-refractivity contribution is 0.218. The molecule has 0 aliphatic carbocycles. The fourth-order valence-corrected chi connectivity index (χ4v) is 0.237. The summed E-state index contributed by atoms with van der Waals surface area (Å²) in [4.78, 5) is 0. The van der Waals surface area contributed by atoms with Crippen LogP contribution in [0.3, 0.4) is 0 Å². The minimum atomic E-state index is 0.0417. The Morgan fingerprint density at radius 2 is 1.88 bits per heavy atom. The van der Waals surface area contributed by atoms with Crippen molar-refractivity contribution in [2.45, 2.75) is 32.7 Å². The summed E-state index contributed by atoms with van der Waals surface area (Å²) in [5.41, 5.74) is 0.0417. The van der Waals surface area contributed by atoms with Crippen LogP contribution in [0.4, 0.5) is 0 Å². The molecule has 0 amide bonds. The zero-order valence-electron chi connectivity index (χ0n) is 6.15. The zero-order chi connectivity index (χ0) is 6.78. The molecule has 2 nitrogen and oxygen atoms in total. The second-order valence-corrected chi connectivity index (χ2v) is 2.73. The summed E-state index contributed by atoms with van der Waals surface area (Å²) in [6.07, 6.45) is 1.02. The van der Waals surface area contributed by atoms with Crippen LogP contribution in [0.5, 0.6) is 0 Å². The van der Waals surface area contributed by atoms with E-state index < -0.39 is 0 Å². The van der Waals surface area contributed by atoms with Gasteiger partial charge in [0, 0.05) is 0 Å². The highest BCUT2D eigenvalue weighted by Crippen LogP contribution is 2.14. The molecule has 50 valence electrons. The van der Waals surface area contributed by atoms with E-state index in [1.54, 1.807) is 7.05 Å². The van der Waals surface area contributed by atoms with Crippen molar-refractivity contribution in [1.82, 2.24) is 5.01 Å². The van der Waals surface area contributed by atoms with Gasteiger partial charge in [-0.2, -0.15) is 0 Å². The zero-order valence-corrected chi connectivity index (χ0v) is 6.15. The average Bonchev–Trinajstić information content (AvgIpc) is 1.67. The second-order valence-electron chi connectivity index (χ2n) is 2.73. The SMILES string of the molecule is CCC(C)(C)N(C)[NH-]. The number of nitrogens with zero attached hydrogens (tertiary/aromatic N) is 1. The van der Waals surface area contributed by atoms with Gasteiger partial charge in [-0.3, -0.25) is 0 Å². The van der Waals surface area contributed by atoms with Crippen LogP contribution in [0.25, 0.3) is 5.84 Å². The fourth-order valence-electron chi connectivity index (χ4n) is 0.237. The monoisotopic (exact) mass is 115 g/mol. The first-order chi connectivity index (χ1) is 3.50. The van der Waals surface area contributed by atoms with Gasteiger partial charge in [-0.05, 0) is 32.9 Å². The van der Waals surface area contributed by atoms with Crippen molar-refractivity contribution in [1.29, 1.82) is 0 Å². The van der Waals surface area contributed by atoms with Crippen LogP contribution >= 0.6 is 0 Å². The summed E-state index contributed by atoms with van der Waals surface area (Å²) in [6, 6.07) is 0. The van der Waals surface area contributed by atoms with Crippen LogP contribution in [0, 0.1) is 0 Å². The Morgan fingerprint density at radius 3 is 1.88 bits per heavy atom. The summed E-state index contributed by atoms with van der Waals surface area (Å²) in [7, 11) is 1.78. The Kier molecular flexibility index (Phi) is 2.44. The molecule has 0 rings (SSSR count). The highest BCUT2D eigenvalue weighted by Gasteiger charge is 2.11. The summed E-state index contributed by atoms with van der Waals surface area (Å²) < 4.78 is 0. The number of hydrogen-bond donors (Lipinski definition) is 0. The Morgan fingerprint density at radius 1 is 1.50 bits per heavy atom. The van der Waals surface area contributed by atoms with Crippen molar-refractivity contribution < 1.29 is 0 Å². The first-order valence-corrected chi connectivity index (χ1v) is 2.96. The fraction of sp³-hybridized carbons (Fsp3) is 1.00. The van der Waals surface area contributed by atoms with E-state index in [9.17, 15) is 0 Å². The molecule has 0 radical (unpaired) electrons. The van der Waals surface area contributed by atoms with Crippen molar-refractivity contribution in [3.63, 3.8) is 0 Å². The van der Waals surface area contributed by atoms with Crippen LogP contribution in [0.2, 0.25) is 0 Å². The molecule has 0 saturated heterocycles. The molecule has 0 aromatic carbocycles. The van der Waals surface area contributed by atoms with Crippen molar-refractivity contribution in [3.8, 4) is 0 Å². The molecule has 0 bridgehead atoms. The second kappa shape index (κ2) is 2.46. The lowest BCUT2D eigenvalue weighted by atomic mass is 10.0. The maximum Gasteiger partial charge on any atom is -0.00249 e. The van der Waals surface area contributed by atoms with Gasteiger partial charge in [0.15, 0.2) is 0 Å². The van der Waals surface area contributed by atoms with E-state index in [-0.39, 0.29) is 5.54 Å². The molecule has 0 heterocycles. The van der Waals surface area contributed by atoms with Crippen molar-refractivity contribution in [2.24, 2.45) is 0 Å². The molecular weight excluding hydrogens is 100 g/mol. The third-order valence-electron chi connectivity index (χ3n) is 1.77. The van der Waals surface area contributed by atoms with Gasteiger partial charge in [0.2, 0.25) is 0 Å². The van der Waals surface area contributed by atoms with Crippen molar-refractivity contribution in [3.05, 3.63) is 5.84 Å².